The molecule has 80 valence electrons. The Hall–Kier alpha value is -0.0800. The largest absolute Gasteiger partial charge is 0.385 e. The summed E-state index contributed by atoms with van der Waals surface area (Å²) in [5.74, 6) is 0. The van der Waals surface area contributed by atoms with E-state index in [1.54, 1.807) is 7.11 Å². The maximum atomic E-state index is 5.07. The molecule has 0 heterocycles. The zero-order chi connectivity index (χ0) is 10.3. The molecule has 0 aliphatic heterocycles. The van der Waals surface area contributed by atoms with Crippen LogP contribution < -0.4 is 0 Å². The Morgan fingerprint density at radius 1 is 1.23 bits per heavy atom. The highest BCUT2D eigenvalue weighted by molar-refractivity contribution is 4.52. The second-order valence-corrected chi connectivity index (χ2v) is 4.10. The summed E-state index contributed by atoms with van der Waals surface area (Å²) >= 11 is 0. The Morgan fingerprint density at radius 3 is 2.15 bits per heavy atom. The Kier molecular flexibility index (Phi) is 6.35. The number of ether oxygens (including phenoxy) is 1. The highest BCUT2D eigenvalue weighted by Gasteiger charge is 2.24. The van der Waals surface area contributed by atoms with Crippen LogP contribution in [0.25, 0.3) is 0 Å². The molecule has 0 aromatic carbocycles. The van der Waals surface area contributed by atoms with Crippen LogP contribution in [0.1, 0.15) is 33.6 Å². The van der Waals surface area contributed by atoms with Crippen molar-refractivity contribution in [2.24, 2.45) is 0 Å². The fourth-order valence-electron chi connectivity index (χ4n) is 1.68. The predicted octanol–water partition coefficient (Wildman–Crippen LogP) is 2.29. The number of rotatable bonds is 7. The molecule has 0 aromatic rings. The summed E-state index contributed by atoms with van der Waals surface area (Å²) in [7, 11) is 4.12. The van der Waals surface area contributed by atoms with Crippen molar-refractivity contribution in [2.45, 2.75) is 39.7 Å². The standard InChI is InChI=1S/C11H26NO/c1-6-12(4,7-2)11(3)9-8-10-13-5/h11H,6-10H2,1-5H3/q+1. The molecule has 0 spiro atoms. The Morgan fingerprint density at radius 2 is 1.77 bits per heavy atom. The SMILES string of the molecule is CC[N+](C)(CC)C(C)CCCOC. The molecule has 0 rings (SSSR count). The van der Waals surface area contributed by atoms with Gasteiger partial charge in [-0.2, -0.15) is 0 Å². The van der Waals surface area contributed by atoms with E-state index < -0.39 is 0 Å². The smallest absolute Gasteiger partial charge is 0.0860 e. The summed E-state index contributed by atoms with van der Waals surface area (Å²) in [6.07, 6.45) is 2.46. The summed E-state index contributed by atoms with van der Waals surface area (Å²) < 4.78 is 6.25. The van der Waals surface area contributed by atoms with Gasteiger partial charge in [0.2, 0.25) is 0 Å². The Labute approximate surface area is 83.5 Å². The van der Waals surface area contributed by atoms with E-state index in [4.69, 9.17) is 4.74 Å². The first-order valence-electron chi connectivity index (χ1n) is 5.43. The van der Waals surface area contributed by atoms with Crippen LogP contribution in [0.4, 0.5) is 0 Å². The van der Waals surface area contributed by atoms with Gasteiger partial charge in [0.05, 0.1) is 26.2 Å². The Balaban J connectivity index is 3.84. The fraction of sp³-hybridized carbons (Fsp3) is 1.00. The van der Waals surface area contributed by atoms with E-state index >= 15 is 0 Å². The van der Waals surface area contributed by atoms with E-state index in [0.29, 0.717) is 0 Å². The second-order valence-electron chi connectivity index (χ2n) is 4.10. The first-order valence-corrected chi connectivity index (χ1v) is 5.43. The minimum absolute atomic E-state index is 0.755. The van der Waals surface area contributed by atoms with Crippen LogP contribution in [-0.2, 0) is 4.74 Å². The van der Waals surface area contributed by atoms with Crippen molar-refractivity contribution >= 4 is 0 Å². The molecule has 0 saturated carbocycles. The van der Waals surface area contributed by atoms with E-state index in [2.05, 4.69) is 27.8 Å². The average Bonchev–Trinajstić information content (AvgIpc) is 2.17. The lowest BCUT2D eigenvalue weighted by Crippen LogP contribution is -2.50. The third-order valence-corrected chi connectivity index (χ3v) is 3.48. The summed E-state index contributed by atoms with van der Waals surface area (Å²) in [6.45, 7) is 10.3. The molecule has 0 aliphatic carbocycles. The summed E-state index contributed by atoms with van der Waals surface area (Å²) in [5, 5.41) is 0. The molecule has 0 radical (unpaired) electrons. The van der Waals surface area contributed by atoms with Crippen LogP contribution in [0.5, 0.6) is 0 Å². The number of quaternary nitrogens is 1. The van der Waals surface area contributed by atoms with Gasteiger partial charge in [-0.05, 0) is 27.2 Å². The van der Waals surface area contributed by atoms with Gasteiger partial charge in [-0.3, -0.25) is 0 Å². The van der Waals surface area contributed by atoms with Crippen molar-refractivity contribution in [3.8, 4) is 0 Å². The van der Waals surface area contributed by atoms with E-state index in [-0.39, 0.29) is 0 Å². The predicted molar refractivity (Wildman–Crippen MR) is 57.8 cm³/mol. The minimum Gasteiger partial charge on any atom is -0.385 e. The van der Waals surface area contributed by atoms with Crippen LogP contribution in [0.3, 0.4) is 0 Å². The highest BCUT2D eigenvalue weighted by Crippen LogP contribution is 2.14. The third kappa shape index (κ3) is 4.10. The van der Waals surface area contributed by atoms with Crippen LogP contribution in [0.15, 0.2) is 0 Å². The number of hydrogen-bond donors (Lipinski definition) is 0. The van der Waals surface area contributed by atoms with Crippen molar-refractivity contribution in [2.75, 3.05) is 33.9 Å². The number of hydrogen-bond acceptors (Lipinski definition) is 1. The lowest BCUT2D eigenvalue weighted by Gasteiger charge is -2.38. The van der Waals surface area contributed by atoms with Crippen molar-refractivity contribution < 1.29 is 9.22 Å². The molecule has 1 unspecified atom stereocenters. The van der Waals surface area contributed by atoms with Crippen LogP contribution >= 0.6 is 0 Å². The maximum absolute atomic E-state index is 5.07. The van der Waals surface area contributed by atoms with Crippen molar-refractivity contribution in [3.05, 3.63) is 0 Å². The van der Waals surface area contributed by atoms with Crippen molar-refractivity contribution in [1.29, 1.82) is 0 Å². The van der Waals surface area contributed by atoms with Crippen molar-refractivity contribution in [3.63, 3.8) is 0 Å². The summed E-state index contributed by atoms with van der Waals surface area (Å²) in [4.78, 5) is 0. The van der Waals surface area contributed by atoms with Gasteiger partial charge in [-0.1, -0.05) is 0 Å². The van der Waals surface area contributed by atoms with Crippen molar-refractivity contribution in [1.82, 2.24) is 0 Å². The van der Waals surface area contributed by atoms with E-state index in [1.807, 2.05) is 0 Å². The van der Waals surface area contributed by atoms with Gasteiger partial charge in [-0.15, -0.1) is 0 Å². The van der Waals surface area contributed by atoms with Gasteiger partial charge in [-0.25, -0.2) is 0 Å². The topological polar surface area (TPSA) is 9.23 Å². The lowest BCUT2D eigenvalue weighted by atomic mass is 10.1. The molecule has 1 atom stereocenters. The quantitative estimate of drug-likeness (QED) is 0.440. The van der Waals surface area contributed by atoms with E-state index in [1.165, 1.54) is 30.4 Å². The molecule has 0 aliphatic rings. The molecule has 13 heavy (non-hydrogen) atoms. The number of nitrogens with zero attached hydrogens (tertiary/aromatic N) is 1. The van der Waals surface area contributed by atoms with Gasteiger partial charge < -0.3 is 9.22 Å². The van der Waals surface area contributed by atoms with Crippen LogP contribution in [0.2, 0.25) is 0 Å². The Bertz CT molecular complexity index is 121. The maximum Gasteiger partial charge on any atom is 0.0860 e. The van der Waals surface area contributed by atoms with Gasteiger partial charge in [0.25, 0.3) is 0 Å². The fourth-order valence-corrected chi connectivity index (χ4v) is 1.68. The molecule has 0 saturated heterocycles. The first kappa shape index (κ1) is 12.9. The molecule has 2 nitrogen and oxygen atoms in total. The van der Waals surface area contributed by atoms with Gasteiger partial charge in [0.1, 0.15) is 0 Å². The van der Waals surface area contributed by atoms with Crippen LogP contribution in [-0.4, -0.2) is 44.4 Å². The van der Waals surface area contributed by atoms with E-state index in [9.17, 15) is 0 Å². The minimum atomic E-state index is 0.755. The number of methoxy groups -OCH3 is 1. The molecular weight excluding hydrogens is 162 g/mol. The second kappa shape index (κ2) is 6.39. The molecule has 0 N–H and O–H groups in total. The van der Waals surface area contributed by atoms with E-state index in [0.717, 1.165) is 12.6 Å². The average molecular weight is 188 g/mol. The third-order valence-electron chi connectivity index (χ3n) is 3.48. The van der Waals surface area contributed by atoms with Crippen LogP contribution in [0, 0.1) is 0 Å². The molecule has 0 amide bonds. The highest BCUT2D eigenvalue weighted by atomic mass is 16.5. The molecular formula is C11H26NO+. The zero-order valence-corrected chi connectivity index (χ0v) is 9.97. The zero-order valence-electron chi connectivity index (χ0n) is 9.97. The van der Waals surface area contributed by atoms with Gasteiger partial charge in [0.15, 0.2) is 0 Å². The van der Waals surface area contributed by atoms with Gasteiger partial charge >= 0.3 is 0 Å². The van der Waals surface area contributed by atoms with Gasteiger partial charge in [0, 0.05) is 20.1 Å². The summed E-state index contributed by atoms with van der Waals surface area (Å²) in [5.41, 5.74) is 0. The molecule has 0 aromatic heterocycles. The molecule has 0 bridgehead atoms. The lowest BCUT2D eigenvalue weighted by molar-refractivity contribution is -0.928. The summed E-state index contributed by atoms with van der Waals surface area (Å²) in [6, 6.07) is 0.755. The monoisotopic (exact) mass is 188 g/mol. The molecule has 0 fully saturated rings. The first-order chi connectivity index (χ1) is 6.10. The normalized spacial score (nSPS) is 14.5. The molecule has 2 heteroatoms.